The fourth-order valence-corrected chi connectivity index (χ4v) is 3.89. The van der Waals surface area contributed by atoms with E-state index in [0.717, 1.165) is 69.3 Å². The maximum Gasteiger partial charge on any atom is 0.191 e. The first-order valence-electron chi connectivity index (χ1n) is 10.6. The Morgan fingerprint density at radius 3 is 2.68 bits per heavy atom. The van der Waals surface area contributed by atoms with Gasteiger partial charge in [-0.2, -0.15) is 0 Å². The van der Waals surface area contributed by atoms with E-state index in [4.69, 9.17) is 9.73 Å². The third-order valence-corrected chi connectivity index (χ3v) is 6.01. The van der Waals surface area contributed by atoms with Crippen LogP contribution in [0.1, 0.15) is 46.5 Å². The highest BCUT2D eigenvalue weighted by molar-refractivity contribution is 5.80. The van der Waals surface area contributed by atoms with Crippen LogP contribution in [-0.4, -0.2) is 57.0 Å². The third kappa shape index (κ3) is 5.77. The summed E-state index contributed by atoms with van der Waals surface area (Å²) in [5, 5.41) is 16.4. The zero-order valence-corrected chi connectivity index (χ0v) is 18.0. The molecule has 6 nitrogen and oxygen atoms in total. The van der Waals surface area contributed by atoms with E-state index in [9.17, 15) is 5.11 Å². The number of guanidine groups is 1. The average molecular weight is 391 g/mol. The molecule has 2 rings (SSSR count). The van der Waals surface area contributed by atoms with Gasteiger partial charge in [-0.1, -0.05) is 26.0 Å². The molecule has 28 heavy (non-hydrogen) atoms. The summed E-state index contributed by atoms with van der Waals surface area (Å²) < 4.78 is 5.52. The van der Waals surface area contributed by atoms with Gasteiger partial charge >= 0.3 is 0 Å². The molecule has 1 aliphatic heterocycles. The van der Waals surface area contributed by atoms with Crippen molar-refractivity contribution >= 4 is 11.6 Å². The van der Waals surface area contributed by atoms with Gasteiger partial charge in [-0.3, -0.25) is 4.99 Å². The van der Waals surface area contributed by atoms with Crippen LogP contribution in [0.5, 0.6) is 5.75 Å². The number of nitrogens with one attached hydrogen (secondary N) is 2. The van der Waals surface area contributed by atoms with E-state index in [-0.39, 0.29) is 12.0 Å². The van der Waals surface area contributed by atoms with Crippen molar-refractivity contribution in [1.29, 1.82) is 0 Å². The molecule has 1 saturated heterocycles. The minimum absolute atomic E-state index is 0.0796. The van der Waals surface area contributed by atoms with Crippen molar-refractivity contribution < 1.29 is 9.84 Å². The van der Waals surface area contributed by atoms with Gasteiger partial charge in [0.25, 0.3) is 0 Å². The van der Waals surface area contributed by atoms with Gasteiger partial charge in [0.05, 0.1) is 12.8 Å². The molecular formula is C22H38N4O2. The first-order valence-corrected chi connectivity index (χ1v) is 10.6. The average Bonchev–Trinajstić information content (AvgIpc) is 3.19. The van der Waals surface area contributed by atoms with Crippen LogP contribution >= 0.6 is 0 Å². The summed E-state index contributed by atoms with van der Waals surface area (Å²) in [4.78, 5) is 7.25. The lowest BCUT2D eigenvalue weighted by Crippen LogP contribution is -2.45. The molecule has 1 aliphatic rings. The van der Waals surface area contributed by atoms with Crippen molar-refractivity contribution in [2.75, 3.05) is 44.8 Å². The van der Waals surface area contributed by atoms with Gasteiger partial charge in [-0.05, 0) is 50.2 Å². The van der Waals surface area contributed by atoms with Gasteiger partial charge in [0.1, 0.15) is 5.75 Å². The lowest BCUT2D eigenvalue weighted by atomic mass is 9.79. The van der Waals surface area contributed by atoms with Gasteiger partial charge in [0.2, 0.25) is 0 Å². The van der Waals surface area contributed by atoms with E-state index in [1.807, 2.05) is 12.1 Å². The van der Waals surface area contributed by atoms with Crippen LogP contribution in [-0.2, 0) is 0 Å². The Kier molecular flexibility index (Phi) is 8.90. The number of nitrogens with zero attached hydrogens (tertiary/aromatic N) is 2. The van der Waals surface area contributed by atoms with Crippen LogP contribution in [0.3, 0.4) is 0 Å². The second-order valence-electron chi connectivity index (χ2n) is 7.62. The Bertz CT molecular complexity index is 616. The van der Waals surface area contributed by atoms with Crippen LogP contribution in [0, 0.1) is 5.41 Å². The molecule has 1 aromatic rings. The van der Waals surface area contributed by atoms with E-state index in [1.165, 1.54) is 0 Å². The summed E-state index contributed by atoms with van der Waals surface area (Å²) >= 11 is 0. The highest BCUT2D eigenvalue weighted by Gasteiger charge is 2.27. The fraction of sp³-hybridized carbons (Fsp3) is 0.682. The number of rotatable bonds is 10. The molecule has 0 bridgehead atoms. The highest BCUT2D eigenvalue weighted by atomic mass is 16.5. The number of para-hydroxylation sites is 2. The van der Waals surface area contributed by atoms with Gasteiger partial charge < -0.3 is 25.4 Å². The first kappa shape index (κ1) is 22.3. The van der Waals surface area contributed by atoms with Crippen LogP contribution in [0.2, 0.25) is 0 Å². The van der Waals surface area contributed by atoms with Crippen molar-refractivity contribution in [1.82, 2.24) is 10.6 Å². The predicted octanol–water partition coefficient (Wildman–Crippen LogP) is 3.02. The number of aliphatic hydroxyl groups is 1. The van der Waals surface area contributed by atoms with Crippen LogP contribution in [0.4, 0.5) is 5.69 Å². The molecule has 1 aromatic carbocycles. The van der Waals surface area contributed by atoms with E-state index < -0.39 is 0 Å². The Morgan fingerprint density at radius 1 is 1.29 bits per heavy atom. The van der Waals surface area contributed by atoms with E-state index in [2.05, 4.69) is 48.4 Å². The summed E-state index contributed by atoms with van der Waals surface area (Å²) in [7, 11) is 1.72. The Hall–Kier alpha value is -1.95. The van der Waals surface area contributed by atoms with Gasteiger partial charge in [-0.15, -0.1) is 0 Å². The quantitative estimate of drug-likeness (QED) is 0.423. The maximum atomic E-state index is 9.45. The molecule has 6 heteroatoms. The third-order valence-electron chi connectivity index (χ3n) is 6.01. The maximum absolute atomic E-state index is 9.45. The van der Waals surface area contributed by atoms with E-state index in [1.54, 1.807) is 7.11 Å². The van der Waals surface area contributed by atoms with E-state index >= 15 is 0 Å². The monoisotopic (exact) mass is 390 g/mol. The molecular weight excluding hydrogens is 352 g/mol. The van der Waals surface area contributed by atoms with Crippen molar-refractivity contribution in [3.63, 3.8) is 0 Å². The van der Waals surface area contributed by atoms with Crippen molar-refractivity contribution in [3.05, 3.63) is 24.3 Å². The molecule has 3 N–H and O–H groups in total. The Balaban J connectivity index is 2.02. The van der Waals surface area contributed by atoms with Crippen molar-refractivity contribution in [2.24, 2.45) is 10.4 Å². The number of aliphatic hydroxyl groups excluding tert-OH is 1. The van der Waals surface area contributed by atoms with Crippen LogP contribution in [0.15, 0.2) is 29.3 Å². The minimum atomic E-state index is 0.0796. The second-order valence-corrected chi connectivity index (χ2v) is 7.62. The molecule has 0 aliphatic carbocycles. The van der Waals surface area contributed by atoms with Gasteiger partial charge in [0.15, 0.2) is 5.96 Å². The minimum Gasteiger partial charge on any atom is -0.495 e. The smallest absolute Gasteiger partial charge is 0.191 e. The largest absolute Gasteiger partial charge is 0.495 e. The molecule has 0 aromatic heterocycles. The van der Waals surface area contributed by atoms with Crippen LogP contribution < -0.4 is 20.3 Å². The highest BCUT2D eigenvalue weighted by Crippen LogP contribution is 2.31. The SMILES string of the molecule is CCNC(=NCC(CC)(CC)CCO)NC1CCN(c2ccccc2OC)C1. The number of benzene rings is 1. The topological polar surface area (TPSA) is 69.1 Å². The molecule has 0 spiro atoms. The molecule has 0 amide bonds. The number of anilines is 1. The summed E-state index contributed by atoms with van der Waals surface area (Å²) in [6.07, 6.45) is 3.91. The molecule has 1 atom stereocenters. The Labute approximate surface area is 170 Å². The molecule has 158 valence electrons. The summed E-state index contributed by atoms with van der Waals surface area (Å²) in [6.45, 7) is 10.2. The number of hydrogen-bond acceptors (Lipinski definition) is 4. The molecule has 1 unspecified atom stereocenters. The Morgan fingerprint density at radius 2 is 2.04 bits per heavy atom. The number of methoxy groups -OCH3 is 1. The predicted molar refractivity (Wildman–Crippen MR) is 117 cm³/mol. The summed E-state index contributed by atoms with van der Waals surface area (Å²) in [5.74, 6) is 1.79. The van der Waals surface area contributed by atoms with Gasteiger partial charge in [0, 0.05) is 38.8 Å². The molecule has 1 heterocycles. The fourth-order valence-electron chi connectivity index (χ4n) is 3.89. The number of aliphatic imine (C=N–C) groups is 1. The summed E-state index contributed by atoms with van der Waals surface area (Å²) in [5.41, 5.74) is 1.23. The van der Waals surface area contributed by atoms with Crippen LogP contribution in [0.25, 0.3) is 0 Å². The molecule has 0 saturated carbocycles. The summed E-state index contributed by atoms with van der Waals surface area (Å²) in [6, 6.07) is 8.53. The standard InChI is InChI=1S/C22H38N4O2/c1-5-22(6-2,13-15-27)17-24-21(23-7-3)25-18-12-14-26(16-18)19-10-8-9-11-20(19)28-4/h8-11,18,27H,5-7,12-17H2,1-4H3,(H2,23,24,25). The lowest BCUT2D eigenvalue weighted by Gasteiger charge is -2.30. The van der Waals surface area contributed by atoms with Crippen molar-refractivity contribution in [2.45, 2.75) is 52.5 Å². The molecule has 0 radical (unpaired) electrons. The lowest BCUT2D eigenvalue weighted by molar-refractivity contribution is 0.175. The normalized spacial score (nSPS) is 17.7. The zero-order valence-electron chi connectivity index (χ0n) is 18.0. The zero-order chi connectivity index (χ0) is 20.4. The second kappa shape index (κ2) is 11.1. The van der Waals surface area contributed by atoms with Gasteiger partial charge in [-0.25, -0.2) is 0 Å². The molecule has 1 fully saturated rings. The number of hydrogen-bond donors (Lipinski definition) is 3. The number of ether oxygens (including phenoxy) is 1. The first-order chi connectivity index (χ1) is 13.6. The van der Waals surface area contributed by atoms with E-state index in [0.29, 0.717) is 6.04 Å². The van der Waals surface area contributed by atoms with Crippen molar-refractivity contribution in [3.8, 4) is 5.75 Å².